The third-order valence-electron chi connectivity index (χ3n) is 5.85. The minimum absolute atomic E-state index is 0.0775. The van der Waals surface area contributed by atoms with Crippen molar-refractivity contribution in [2.75, 3.05) is 26.2 Å². The van der Waals surface area contributed by atoms with Crippen LogP contribution in [0.3, 0.4) is 0 Å². The van der Waals surface area contributed by atoms with Gasteiger partial charge in [-0.1, -0.05) is 29.4 Å². The Balaban J connectivity index is 1.19. The van der Waals surface area contributed by atoms with Crippen molar-refractivity contribution in [2.45, 2.75) is 20.1 Å². The van der Waals surface area contributed by atoms with Crippen molar-refractivity contribution in [3.63, 3.8) is 0 Å². The van der Waals surface area contributed by atoms with Gasteiger partial charge in [0.15, 0.2) is 0 Å². The first-order valence-electron chi connectivity index (χ1n) is 10.5. The molecule has 0 bridgehead atoms. The predicted molar refractivity (Wildman–Crippen MR) is 118 cm³/mol. The summed E-state index contributed by atoms with van der Waals surface area (Å²) >= 11 is 0. The van der Waals surface area contributed by atoms with Crippen molar-refractivity contribution >= 4 is 16.6 Å². The van der Waals surface area contributed by atoms with Gasteiger partial charge >= 0.3 is 0 Å². The van der Waals surface area contributed by atoms with Crippen LogP contribution in [0.1, 0.15) is 11.5 Å². The number of nitro benzene ring substituents is 1. The van der Waals surface area contributed by atoms with Crippen LogP contribution in [-0.2, 0) is 13.2 Å². The number of nitro groups is 1. The van der Waals surface area contributed by atoms with Crippen LogP contribution in [0.4, 0.5) is 5.69 Å². The van der Waals surface area contributed by atoms with Gasteiger partial charge in [-0.15, -0.1) is 0 Å². The number of hydrogen-bond acceptors (Lipinski definition) is 8. The number of aromatic nitrogens is 4. The summed E-state index contributed by atoms with van der Waals surface area (Å²) in [4.78, 5) is 19.9. The molecule has 2 aromatic carbocycles. The fourth-order valence-electron chi connectivity index (χ4n) is 4.01. The van der Waals surface area contributed by atoms with Gasteiger partial charge in [0.05, 0.1) is 29.9 Å². The molecule has 5 rings (SSSR count). The zero-order valence-corrected chi connectivity index (χ0v) is 17.7. The number of piperazine rings is 1. The highest BCUT2D eigenvalue weighted by atomic mass is 16.6. The molecule has 2 aromatic heterocycles. The van der Waals surface area contributed by atoms with Gasteiger partial charge in [0.1, 0.15) is 0 Å². The first-order valence-corrected chi connectivity index (χ1v) is 10.5. The molecule has 1 saturated heterocycles. The summed E-state index contributed by atoms with van der Waals surface area (Å²) in [5, 5.41) is 20.6. The van der Waals surface area contributed by atoms with Crippen LogP contribution in [0.15, 0.2) is 53.2 Å². The Morgan fingerprint density at radius 2 is 1.88 bits per heavy atom. The second kappa shape index (κ2) is 8.48. The average Bonchev–Trinajstić information content (AvgIpc) is 3.42. The van der Waals surface area contributed by atoms with Gasteiger partial charge in [-0.3, -0.25) is 24.6 Å². The van der Waals surface area contributed by atoms with Crippen LogP contribution in [0.25, 0.3) is 22.3 Å². The van der Waals surface area contributed by atoms with E-state index >= 15 is 0 Å². The summed E-state index contributed by atoms with van der Waals surface area (Å²) in [5.74, 6) is 1.23. The fraction of sp³-hybridized carbons (Fsp3) is 0.318. The van der Waals surface area contributed by atoms with E-state index in [2.05, 4.69) is 25.0 Å². The van der Waals surface area contributed by atoms with Crippen molar-refractivity contribution in [3.8, 4) is 11.4 Å². The molecule has 0 radical (unpaired) electrons. The van der Waals surface area contributed by atoms with Gasteiger partial charge in [0.25, 0.3) is 5.69 Å². The van der Waals surface area contributed by atoms with E-state index < -0.39 is 0 Å². The lowest BCUT2D eigenvalue weighted by atomic mass is 10.1. The van der Waals surface area contributed by atoms with Crippen molar-refractivity contribution < 1.29 is 9.45 Å². The van der Waals surface area contributed by atoms with Gasteiger partial charge in [-0.25, -0.2) is 0 Å². The van der Waals surface area contributed by atoms with Gasteiger partial charge in [0, 0.05) is 49.3 Å². The molecule has 0 atom stereocenters. The maximum absolute atomic E-state index is 11.1. The largest absolute Gasteiger partial charge is 0.338 e. The normalized spacial score (nSPS) is 15.4. The zero-order valence-electron chi connectivity index (χ0n) is 17.7. The van der Waals surface area contributed by atoms with Gasteiger partial charge < -0.3 is 4.52 Å². The summed E-state index contributed by atoms with van der Waals surface area (Å²) in [6.45, 7) is 6.68. The Kier molecular flexibility index (Phi) is 5.38. The quantitative estimate of drug-likeness (QED) is 0.337. The van der Waals surface area contributed by atoms with Crippen LogP contribution >= 0.6 is 0 Å². The van der Waals surface area contributed by atoms with E-state index in [1.54, 1.807) is 18.3 Å². The lowest BCUT2D eigenvalue weighted by Gasteiger charge is -2.33. The number of nitrogens with zero attached hydrogens (tertiary/aromatic N) is 7. The molecule has 10 nitrogen and oxygen atoms in total. The Morgan fingerprint density at radius 1 is 1.09 bits per heavy atom. The topological polar surface area (TPSA) is 106 Å². The molecule has 4 aromatic rings. The van der Waals surface area contributed by atoms with Crippen LogP contribution in [-0.4, -0.2) is 60.8 Å². The molecule has 0 saturated carbocycles. The fourth-order valence-corrected chi connectivity index (χ4v) is 4.01. The molecule has 0 amide bonds. The summed E-state index contributed by atoms with van der Waals surface area (Å²) < 4.78 is 7.31. The van der Waals surface area contributed by atoms with E-state index in [0.717, 1.165) is 48.2 Å². The third kappa shape index (κ3) is 4.10. The Hall–Kier alpha value is -3.63. The van der Waals surface area contributed by atoms with Crippen molar-refractivity contribution in [1.29, 1.82) is 0 Å². The molecule has 0 N–H and O–H groups in total. The molecule has 1 aliphatic heterocycles. The molecular weight excluding hydrogens is 410 g/mol. The lowest BCUT2D eigenvalue weighted by Crippen LogP contribution is -2.46. The monoisotopic (exact) mass is 433 g/mol. The smallest absolute Gasteiger partial charge is 0.271 e. The summed E-state index contributed by atoms with van der Waals surface area (Å²) in [6, 6.07) is 12.8. The van der Waals surface area contributed by atoms with E-state index in [1.807, 2.05) is 35.9 Å². The molecule has 3 heterocycles. The highest BCUT2D eigenvalue weighted by molar-refractivity contribution is 5.80. The number of hydrogen-bond donors (Lipinski definition) is 0. The highest BCUT2D eigenvalue weighted by Crippen LogP contribution is 2.22. The third-order valence-corrected chi connectivity index (χ3v) is 5.85. The van der Waals surface area contributed by atoms with Crippen molar-refractivity contribution in [2.24, 2.45) is 0 Å². The number of non-ortho nitro benzene ring substituents is 1. The van der Waals surface area contributed by atoms with E-state index in [1.165, 1.54) is 6.07 Å². The van der Waals surface area contributed by atoms with Crippen LogP contribution in [0.5, 0.6) is 0 Å². The summed E-state index contributed by atoms with van der Waals surface area (Å²) in [6.07, 6.45) is 1.75. The minimum Gasteiger partial charge on any atom is -0.338 e. The number of aryl methyl sites for hydroxylation is 1. The van der Waals surface area contributed by atoms with Gasteiger partial charge in [0.2, 0.25) is 11.7 Å². The maximum atomic E-state index is 11.1. The standard InChI is InChI=1S/C22H23N7O3/c1-16-4-2-3-5-19(16)22-24-21(32-25-22)14-26-8-10-27(11-9-26)15-28-20-12-18(29(30)31)7-6-17(20)13-23-28/h2-7,12-13H,8-11,14-15H2,1H3. The zero-order chi connectivity index (χ0) is 22.1. The second-order valence-electron chi connectivity index (χ2n) is 8.01. The van der Waals surface area contributed by atoms with E-state index in [9.17, 15) is 10.1 Å². The summed E-state index contributed by atoms with van der Waals surface area (Å²) in [7, 11) is 0. The Labute approximate surface area is 184 Å². The SMILES string of the molecule is Cc1ccccc1-c1noc(CN2CCN(Cn3ncc4ccc([N+](=O)[O-])cc43)CC2)n1. The van der Waals surface area contributed by atoms with Gasteiger partial charge in [-0.05, 0) is 18.6 Å². The molecule has 1 fully saturated rings. The first kappa shape index (κ1) is 20.3. The Bertz CT molecular complexity index is 1260. The van der Waals surface area contributed by atoms with Crippen molar-refractivity contribution in [3.05, 3.63) is 70.2 Å². The Morgan fingerprint density at radius 3 is 2.66 bits per heavy atom. The van der Waals surface area contributed by atoms with Crippen LogP contribution in [0, 0.1) is 17.0 Å². The lowest BCUT2D eigenvalue weighted by molar-refractivity contribution is -0.384. The first-order chi connectivity index (χ1) is 15.6. The minimum atomic E-state index is -0.377. The van der Waals surface area contributed by atoms with Crippen LogP contribution in [0.2, 0.25) is 0 Å². The van der Waals surface area contributed by atoms with E-state index in [4.69, 9.17) is 4.52 Å². The second-order valence-corrected chi connectivity index (χ2v) is 8.01. The molecule has 164 valence electrons. The number of rotatable bonds is 6. The van der Waals surface area contributed by atoms with E-state index in [-0.39, 0.29) is 10.6 Å². The van der Waals surface area contributed by atoms with E-state index in [0.29, 0.717) is 24.9 Å². The molecule has 0 unspecified atom stereocenters. The molecule has 1 aliphatic rings. The van der Waals surface area contributed by atoms with Gasteiger partial charge in [-0.2, -0.15) is 10.1 Å². The number of benzene rings is 2. The summed E-state index contributed by atoms with van der Waals surface area (Å²) in [5.41, 5.74) is 2.95. The molecule has 0 spiro atoms. The molecule has 32 heavy (non-hydrogen) atoms. The maximum Gasteiger partial charge on any atom is 0.271 e. The molecular formula is C22H23N7O3. The average molecular weight is 433 g/mol. The molecule has 0 aliphatic carbocycles. The molecule has 10 heteroatoms. The predicted octanol–water partition coefficient (Wildman–Crippen LogP) is 3.08. The number of fused-ring (bicyclic) bond motifs is 1. The van der Waals surface area contributed by atoms with Crippen LogP contribution < -0.4 is 0 Å². The highest BCUT2D eigenvalue weighted by Gasteiger charge is 2.21. The van der Waals surface area contributed by atoms with Crippen molar-refractivity contribution in [1.82, 2.24) is 29.7 Å².